The first-order valence-corrected chi connectivity index (χ1v) is 4.62. The van der Waals surface area contributed by atoms with E-state index in [1.54, 1.807) is 0 Å². The van der Waals surface area contributed by atoms with Gasteiger partial charge in [-0.3, -0.25) is 0 Å². The summed E-state index contributed by atoms with van der Waals surface area (Å²) in [5, 5.41) is 17.9. The summed E-state index contributed by atoms with van der Waals surface area (Å²) < 4.78 is 0. The third kappa shape index (κ3) is 1.12. The van der Waals surface area contributed by atoms with E-state index in [1.165, 1.54) is 12.8 Å². The maximum atomic E-state index is 10.5. The summed E-state index contributed by atoms with van der Waals surface area (Å²) >= 11 is 0. The van der Waals surface area contributed by atoms with Crippen LogP contribution in [0.5, 0.6) is 0 Å². The molecule has 0 radical (unpaired) electrons. The topological polar surface area (TPSA) is 57.5 Å². The molecule has 0 saturated heterocycles. The molecule has 0 bridgehead atoms. The highest BCUT2D eigenvalue weighted by molar-refractivity contribution is 5.73. The molecule has 3 nitrogen and oxygen atoms in total. The molecule has 2 N–H and O–H groups in total. The van der Waals surface area contributed by atoms with E-state index in [0.717, 1.165) is 12.8 Å². The standard InChI is InChI=1S/C9H14O3/c10-8(9(11)12)7-5-3-1-2-4-6(5)7/h5-8,10H,1-4H2,(H,11,12). The fraction of sp³-hybridized carbons (Fsp3) is 0.889. The molecule has 0 amide bonds. The summed E-state index contributed by atoms with van der Waals surface area (Å²) in [4.78, 5) is 10.5. The maximum Gasteiger partial charge on any atom is 0.332 e. The van der Waals surface area contributed by atoms with Crippen molar-refractivity contribution in [1.82, 2.24) is 0 Å². The summed E-state index contributed by atoms with van der Waals surface area (Å²) in [7, 11) is 0. The molecule has 3 unspecified atom stereocenters. The number of aliphatic hydroxyl groups is 1. The molecular formula is C9H14O3. The minimum absolute atomic E-state index is 0.0741. The molecule has 2 aliphatic carbocycles. The second kappa shape index (κ2) is 2.73. The number of carboxylic acids is 1. The molecule has 12 heavy (non-hydrogen) atoms. The number of hydrogen-bond donors (Lipinski definition) is 2. The summed E-state index contributed by atoms with van der Waals surface area (Å²) in [5.74, 6) is 0.0640. The van der Waals surface area contributed by atoms with E-state index in [2.05, 4.69) is 0 Å². The zero-order valence-corrected chi connectivity index (χ0v) is 6.94. The van der Waals surface area contributed by atoms with E-state index >= 15 is 0 Å². The Balaban J connectivity index is 1.95. The normalized spacial score (nSPS) is 41.6. The molecule has 68 valence electrons. The summed E-state index contributed by atoms with van der Waals surface area (Å²) in [6, 6.07) is 0. The molecule has 2 aliphatic rings. The van der Waals surface area contributed by atoms with Crippen LogP contribution in [0.2, 0.25) is 0 Å². The first-order chi connectivity index (χ1) is 5.72. The van der Waals surface area contributed by atoms with E-state index in [9.17, 15) is 9.90 Å². The van der Waals surface area contributed by atoms with Gasteiger partial charge < -0.3 is 10.2 Å². The van der Waals surface area contributed by atoms with E-state index in [1.807, 2.05) is 0 Å². The lowest BCUT2D eigenvalue weighted by Gasteiger charge is -2.04. The second-order valence-electron chi connectivity index (χ2n) is 3.97. The predicted molar refractivity (Wildman–Crippen MR) is 42.6 cm³/mol. The Morgan fingerprint density at radius 2 is 1.75 bits per heavy atom. The van der Waals surface area contributed by atoms with Crippen molar-refractivity contribution in [3.05, 3.63) is 0 Å². The van der Waals surface area contributed by atoms with Crippen molar-refractivity contribution in [3.8, 4) is 0 Å². The van der Waals surface area contributed by atoms with Crippen LogP contribution in [0.1, 0.15) is 25.7 Å². The van der Waals surface area contributed by atoms with Gasteiger partial charge >= 0.3 is 5.97 Å². The van der Waals surface area contributed by atoms with E-state index in [0.29, 0.717) is 11.8 Å². The molecule has 3 heteroatoms. The van der Waals surface area contributed by atoms with Crippen LogP contribution in [0.25, 0.3) is 0 Å². The minimum Gasteiger partial charge on any atom is -0.479 e. The van der Waals surface area contributed by atoms with Gasteiger partial charge in [0.25, 0.3) is 0 Å². The van der Waals surface area contributed by atoms with Gasteiger partial charge in [0.2, 0.25) is 0 Å². The lowest BCUT2D eigenvalue weighted by atomic mass is 10.0. The predicted octanol–water partition coefficient (Wildman–Crippen LogP) is 0.868. The number of fused-ring (bicyclic) bond motifs is 1. The van der Waals surface area contributed by atoms with Crippen molar-refractivity contribution in [2.24, 2.45) is 17.8 Å². The number of carboxylic acid groups (broad SMARTS) is 1. The van der Waals surface area contributed by atoms with Crippen LogP contribution in [0.4, 0.5) is 0 Å². The zero-order chi connectivity index (χ0) is 8.72. The van der Waals surface area contributed by atoms with Gasteiger partial charge in [-0.25, -0.2) is 4.79 Å². The number of carbonyl (C=O) groups is 1. The van der Waals surface area contributed by atoms with Crippen molar-refractivity contribution in [3.63, 3.8) is 0 Å². The highest BCUT2D eigenvalue weighted by Gasteiger charge is 2.55. The molecular weight excluding hydrogens is 156 g/mol. The van der Waals surface area contributed by atoms with Crippen LogP contribution < -0.4 is 0 Å². The molecule has 0 aliphatic heterocycles. The quantitative estimate of drug-likeness (QED) is 0.646. The van der Waals surface area contributed by atoms with E-state index in [-0.39, 0.29) is 5.92 Å². The van der Waals surface area contributed by atoms with Crippen molar-refractivity contribution in [1.29, 1.82) is 0 Å². The Bertz CT molecular complexity index is 190. The Morgan fingerprint density at radius 1 is 1.25 bits per heavy atom. The first-order valence-electron chi connectivity index (χ1n) is 4.62. The van der Waals surface area contributed by atoms with Gasteiger partial charge in [0.05, 0.1) is 0 Å². The largest absolute Gasteiger partial charge is 0.479 e. The molecule has 2 saturated carbocycles. The molecule has 0 aromatic heterocycles. The molecule has 0 aromatic carbocycles. The van der Waals surface area contributed by atoms with Crippen LogP contribution >= 0.6 is 0 Å². The first kappa shape index (κ1) is 8.05. The van der Waals surface area contributed by atoms with E-state index < -0.39 is 12.1 Å². The SMILES string of the molecule is O=C(O)C(O)C1C2CCCCC21. The highest BCUT2D eigenvalue weighted by atomic mass is 16.4. The van der Waals surface area contributed by atoms with Crippen LogP contribution in [0.15, 0.2) is 0 Å². The molecule has 0 aromatic rings. The monoisotopic (exact) mass is 170 g/mol. The van der Waals surface area contributed by atoms with Crippen molar-refractivity contribution in [2.75, 3.05) is 0 Å². The van der Waals surface area contributed by atoms with Gasteiger partial charge in [-0.15, -0.1) is 0 Å². The Morgan fingerprint density at radius 3 is 2.17 bits per heavy atom. The third-order valence-corrected chi connectivity index (χ3v) is 3.34. The fourth-order valence-electron chi connectivity index (χ4n) is 2.68. The van der Waals surface area contributed by atoms with Crippen molar-refractivity contribution in [2.45, 2.75) is 31.8 Å². The molecule has 2 rings (SSSR count). The Kier molecular flexibility index (Phi) is 1.83. The van der Waals surface area contributed by atoms with Gasteiger partial charge in [-0.2, -0.15) is 0 Å². The van der Waals surface area contributed by atoms with Crippen LogP contribution in [-0.4, -0.2) is 22.3 Å². The van der Waals surface area contributed by atoms with E-state index in [4.69, 9.17) is 5.11 Å². The van der Waals surface area contributed by atoms with Gasteiger partial charge in [-0.05, 0) is 24.7 Å². The fourth-order valence-corrected chi connectivity index (χ4v) is 2.68. The molecule has 0 spiro atoms. The Labute approximate surface area is 71.4 Å². The maximum absolute atomic E-state index is 10.5. The third-order valence-electron chi connectivity index (χ3n) is 3.34. The zero-order valence-electron chi connectivity index (χ0n) is 6.94. The molecule has 3 atom stereocenters. The van der Waals surface area contributed by atoms with Crippen molar-refractivity contribution < 1.29 is 15.0 Å². The van der Waals surface area contributed by atoms with Crippen molar-refractivity contribution >= 4 is 5.97 Å². The average Bonchev–Trinajstić information content (AvgIpc) is 2.76. The average molecular weight is 170 g/mol. The number of rotatable bonds is 2. The lowest BCUT2D eigenvalue weighted by molar-refractivity contribution is -0.148. The summed E-state index contributed by atoms with van der Waals surface area (Å²) in [5.41, 5.74) is 0. The molecule has 2 fully saturated rings. The van der Waals surface area contributed by atoms with Crippen LogP contribution in [0.3, 0.4) is 0 Å². The number of aliphatic carboxylic acids is 1. The number of aliphatic hydroxyl groups excluding tert-OH is 1. The molecule has 0 heterocycles. The lowest BCUT2D eigenvalue weighted by Crippen LogP contribution is -2.23. The van der Waals surface area contributed by atoms with Crippen LogP contribution in [-0.2, 0) is 4.79 Å². The van der Waals surface area contributed by atoms with Gasteiger partial charge in [-0.1, -0.05) is 12.8 Å². The van der Waals surface area contributed by atoms with Gasteiger partial charge in [0.1, 0.15) is 0 Å². The van der Waals surface area contributed by atoms with Crippen LogP contribution in [0, 0.1) is 17.8 Å². The highest BCUT2D eigenvalue weighted by Crippen LogP contribution is 2.56. The smallest absolute Gasteiger partial charge is 0.332 e. The summed E-state index contributed by atoms with van der Waals surface area (Å²) in [6.45, 7) is 0. The number of hydrogen-bond acceptors (Lipinski definition) is 2. The summed E-state index contributed by atoms with van der Waals surface area (Å²) in [6.07, 6.45) is 3.57. The van der Waals surface area contributed by atoms with Gasteiger partial charge in [0.15, 0.2) is 6.10 Å². The Hall–Kier alpha value is -0.570. The second-order valence-corrected chi connectivity index (χ2v) is 3.97. The minimum atomic E-state index is -1.10. The van der Waals surface area contributed by atoms with Gasteiger partial charge in [0, 0.05) is 5.92 Å².